The molecular formula is C30H30Cl2N4O5. The lowest BCUT2D eigenvalue weighted by molar-refractivity contribution is -0.133. The number of benzene rings is 3. The van der Waals surface area contributed by atoms with Crippen LogP contribution in [0.3, 0.4) is 0 Å². The first kappa shape index (κ1) is 28.9. The molecule has 0 aromatic heterocycles. The quantitative estimate of drug-likeness (QED) is 0.421. The summed E-state index contributed by atoms with van der Waals surface area (Å²) in [4.78, 5) is 44.1. The Hall–Kier alpha value is -3.63. The average Bonchev–Trinajstić information content (AvgIpc) is 2.98. The highest BCUT2D eigenvalue weighted by atomic mass is 35.5. The van der Waals surface area contributed by atoms with E-state index in [-0.39, 0.29) is 36.0 Å². The number of hydrogen-bond donors (Lipinski definition) is 1. The fourth-order valence-corrected chi connectivity index (χ4v) is 5.44. The smallest absolute Gasteiger partial charge is 0.265 e. The Bertz CT molecular complexity index is 1480. The van der Waals surface area contributed by atoms with Crippen LogP contribution in [0.4, 0.5) is 5.69 Å². The number of anilines is 1. The maximum absolute atomic E-state index is 13.8. The van der Waals surface area contributed by atoms with Crippen LogP contribution in [0.2, 0.25) is 10.0 Å². The number of nitrogens with two attached hydrogens (primary N) is 1. The van der Waals surface area contributed by atoms with E-state index in [0.29, 0.717) is 47.3 Å². The van der Waals surface area contributed by atoms with Gasteiger partial charge in [0.1, 0.15) is 12.3 Å². The second-order valence-electron chi connectivity index (χ2n) is 9.97. The van der Waals surface area contributed by atoms with Crippen molar-refractivity contribution in [2.24, 2.45) is 5.73 Å². The zero-order valence-corrected chi connectivity index (χ0v) is 24.0. The van der Waals surface area contributed by atoms with Crippen LogP contribution in [0.1, 0.15) is 22.0 Å². The molecule has 2 aliphatic rings. The van der Waals surface area contributed by atoms with E-state index in [1.807, 2.05) is 36.4 Å². The Morgan fingerprint density at radius 3 is 2.51 bits per heavy atom. The van der Waals surface area contributed by atoms with Gasteiger partial charge >= 0.3 is 0 Å². The summed E-state index contributed by atoms with van der Waals surface area (Å²) < 4.78 is 11.1. The van der Waals surface area contributed by atoms with Gasteiger partial charge in [-0.15, -0.1) is 0 Å². The van der Waals surface area contributed by atoms with Gasteiger partial charge in [0.25, 0.3) is 5.91 Å². The highest BCUT2D eigenvalue weighted by Crippen LogP contribution is 2.39. The summed E-state index contributed by atoms with van der Waals surface area (Å²) in [7, 11) is 1.73. The first-order valence-electron chi connectivity index (χ1n) is 13.2. The van der Waals surface area contributed by atoms with Crippen molar-refractivity contribution >= 4 is 46.6 Å². The van der Waals surface area contributed by atoms with Gasteiger partial charge in [0, 0.05) is 38.3 Å². The highest BCUT2D eigenvalue weighted by molar-refractivity contribution is 6.42. The van der Waals surface area contributed by atoms with Crippen molar-refractivity contribution in [2.45, 2.75) is 6.04 Å². The number of hydrogen-bond acceptors (Lipinski definition) is 6. The van der Waals surface area contributed by atoms with Gasteiger partial charge in [-0.1, -0.05) is 59.6 Å². The number of primary amides is 1. The predicted molar refractivity (Wildman–Crippen MR) is 157 cm³/mol. The number of amides is 3. The summed E-state index contributed by atoms with van der Waals surface area (Å²) in [5.41, 5.74) is 8.87. The van der Waals surface area contributed by atoms with Gasteiger partial charge in [-0.25, -0.2) is 0 Å². The first-order valence-corrected chi connectivity index (χ1v) is 14.0. The normalized spacial score (nSPS) is 16.1. The third-order valence-corrected chi connectivity index (χ3v) is 8.13. The lowest BCUT2D eigenvalue weighted by Gasteiger charge is -2.37. The number of rotatable bonds is 8. The standard InChI is InChI=1S/C30H30Cl2N4O5/c1-34(28(37)17-36-25-14-23(31)24(32)15-27(25)41-18-29(36)38)26(16-35-9-11-40-12-10-35)20-6-4-5-19(13-20)21-7-2-3-8-22(21)30(33)39/h2-8,13-15,26H,9-12,16-18H2,1H3,(H2,33,39). The topological polar surface area (TPSA) is 105 Å². The molecule has 1 atom stereocenters. The van der Waals surface area contributed by atoms with Gasteiger partial charge < -0.3 is 20.1 Å². The number of nitrogens with zero attached hydrogens (tertiary/aromatic N) is 3. The first-order chi connectivity index (χ1) is 19.7. The van der Waals surface area contributed by atoms with Crippen molar-refractivity contribution in [1.29, 1.82) is 0 Å². The Morgan fingerprint density at radius 2 is 1.76 bits per heavy atom. The van der Waals surface area contributed by atoms with Gasteiger partial charge in [0.2, 0.25) is 11.8 Å². The van der Waals surface area contributed by atoms with Gasteiger partial charge in [-0.3, -0.25) is 24.2 Å². The minimum atomic E-state index is -0.514. The number of fused-ring (bicyclic) bond motifs is 1. The van der Waals surface area contributed by atoms with Crippen LogP contribution in [0, 0.1) is 0 Å². The van der Waals surface area contributed by atoms with Gasteiger partial charge in [-0.05, 0) is 34.9 Å². The molecule has 0 radical (unpaired) electrons. The third-order valence-electron chi connectivity index (χ3n) is 7.41. The molecule has 1 fully saturated rings. The summed E-state index contributed by atoms with van der Waals surface area (Å²) in [6, 6.07) is 17.7. The third kappa shape index (κ3) is 6.33. The molecule has 3 aromatic carbocycles. The van der Waals surface area contributed by atoms with Crippen molar-refractivity contribution < 1.29 is 23.9 Å². The van der Waals surface area contributed by atoms with Crippen LogP contribution in [-0.2, 0) is 14.3 Å². The average molecular weight is 597 g/mol. The second-order valence-corrected chi connectivity index (χ2v) is 10.8. The Balaban J connectivity index is 1.46. The monoisotopic (exact) mass is 596 g/mol. The van der Waals surface area contributed by atoms with Crippen LogP contribution < -0.4 is 15.4 Å². The number of carbonyl (C=O) groups excluding carboxylic acids is 3. The Kier molecular flexibility index (Phi) is 8.79. The molecule has 1 unspecified atom stereocenters. The fourth-order valence-electron chi connectivity index (χ4n) is 5.13. The van der Waals surface area contributed by atoms with E-state index in [2.05, 4.69) is 4.90 Å². The summed E-state index contributed by atoms with van der Waals surface area (Å²) in [6.45, 7) is 2.84. The van der Waals surface area contributed by atoms with Gasteiger partial charge in [0.05, 0.1) is 35.0 Å². The number of carbonyl (C=O) groups is 3. The molecule has 0 spiro atoms. The van der Waals surface area contributed by atoms with Gasteiger partial charge in [-0.2, -0.15) is 0 Å². The molecule has 5 rings (SSSR count). The maximum atomic E-state index is 13.8. The zero-order chi connectivity index (χ0) is 29.1. The molecule has 3 amide bonds. The number of likely N-dealkylation sites (N-methyl/N-ethyl adjacent to an activating group) is 1. The number of halogens is 2. The molecule has 2 heterocycles. The van der Waals surface area contributed by atoms with Crippen molar-refractivity contribution in [3.63, 3.8) is 0 Å². The van der Waals surface area contributed by atoms with Crippen LogP contribution in [0.15, 0.2) is 60.7 Å². The lowest BCUT2D eigenvalue weighted by Crippen LogP contribution is -2.48. The van der Waals surface area contributed by atoms with Crippen molar-refractivity contribution in [2.75, 3.05) is 57.9 Å². The van der Waals surface area contributed by atoms with Gasteiger partial charge in [0.15, 0.2) is 6.61 Å². The Labute approximate surface area is 248 Å². The molecule has 11 heteroatoms. The van der Waals surface area contributed by atoms with Crippen LogP contribution in [-0.4, -0.2) is 80.6 Å². The minimum absolute atomic E-state index is 0.201. The predicted octanol–water partition coefficient (Wildman–Crippen LogP) is 4.02. The molecule has 0 aliphatic carbocycles. The molecule has 2 N–H and O–H groups in total. The lowest BCUT2D eigenvalue weighted by atomic mass is 9.95. The van der Waals surface area contributed by atoms with E-state index in [9.17, 15) is 14.4 Å². The summed E-state index contributed by atoms with van der Waals surface area (Å²) >= 11 is 12.4. The second kappa shape index (κ2) is 12.5. The maximum Gasteiger partial charge on any atom is 0.265 e. The number of ether oxygens (including phenoxy) is 2. The van der Waals surface area contributed by atoms with Crippen molar-refractivity contribution in [3.8, 4) is 16.9 Å². The molecule has 0 bridgehead atoms. The van der Waals surface area contributed by atoms with Crippen molar-refractivity contribution in [3.05, 3.63) is 81.8 Å². The molecular weight excluding hydrogens is 567 g/mol. The minimum Gasteiger partial charge on any atom is -0.482 e. The van der Waals surface area contributed by atoms with E-state index in [1.54, 1.807) is 30.1 Å². The number of morpholine rings is 1. The molecule has 0 saturated carbocycles. The summed E-state index contributed by atoms with van der Waals surface area (Å²) in [5.74, 6) is -0.744. The van der Waals surface area contributed by atoms with Crippen molar-refractivity contribution in [1.82, 2.24) is 9.80 Å². The summed E-state index contributed by atoms with van der Waals surface area (Å²) in [5, 5.41) is 0.555. The molecule has 214 valence electrons. The highest BCUT2D eigenvalue weighted by Gasteiger charge is 2.32. The van der Waals surface area contributed by atoms with E-state index >= 15 is 0 Å². The molecule has 2 aliphatic heterocycles. The van der Waals surface area contributed by atoms with Crippen LogP contribution in [0.25, 0.3) is 11.1 Å². The SMILES string of the molecule is CN(C(=O)CN1C(=O)COc2cc(Cl)c(Cl)cc21)C(CN1CCOCC1)c1cccc(-c2ccccc2C(N)=O)c1. The molecule has 9 nitrogen and oxygen atoms in total. The fraction of sp³-hybridized carbons (Fsp3) is 0.300. The molecule has 41 heavy (non-hydrogen) atoms. The van der Waals surface area contributed by atoms with Crippen LogP contribution >= 0.6 is 23.2 Å². The van der Waals surface area contributed by atoms with E-state index < -0.39 is 5.91 Å². The molecule has 1 saturated heterocycles. The molecule has 3 aromatic rings. The summed E-state index contributed by atoms with van der Waals surface area (Å²) in [6.07, 6.45) is 0. The van der Waals surface area contributed by atoms with E-state index in [1.165, 1.54) is 11.0 Å². The Morgan fingerprint density at radius 1 is 1.02 bits per heavy atom. The van der Waals surface area contributed by atoms with Crippen LogP contribution in [0.5, 0.6) is 5.75 Å². The van der Waals surface area contributed by atoms with E-state index in [4.69, 9.17) is 38.4 Å². The van der Waals surface area contributed by atoms with E-state index in [0.717, 1.165) is 24.2 Å². The largest absolute Gasteiger partial charge is 0.482 e. The zero-order valence-electron chi connectivity index (χ0n) is 22.5.